The normalized spacial score (nSPS) is 11.1. The molecule has 0 fully saturated rings. The third-order valence-electron chi connectivity index (χ3n) is 5.33. The molecule has 0 amide bonds. The maximum atomic E-state index is 12.5. The molecule has 0 aliphatic carbocycles. The highest BCUT2D eigenvalue weighted by Gasteiger charge is 2.20. The molecule has 4 aromatic rings. The number of ether oxygens (including phenoxy) is 1. The summed E-state index contributed by atoms with van der Waals surface area (Å²) in [6.07, 6.45) is 4.75. The highest BCUT2D eigenvalue weighted by atomic mass is 32.1. The standard InChI is InChI=1S/C26H23N3O4S/c1-16-24(18(3)30)17(2)27-25(16)21(31)15-33-23(32)12-11-19-14-29(20-8-5-4-6-9-20)28-26(19)22-10-7-13-34-22/h4-14,27H,15H2,1-3H3/b12-11+. The number of aryl methyl sites for hydroxylation is 1. The van der Waals surface area contributed by atoms with Gasteiger partial charge in [-0.15, -0.1) is 11.3 Å². The molecule has 0 atom stereocenters. The van der Waals surface area contributed by atoms with Gasteiger partial charge in [-0.05, 0) is 56.0 Å². The van der Waals surface area contributed by atoms with Gasteiger partial charge in [0, 0.05) is 29.1 Å². The van der Waals surface area contributed by atoms with Crippen molar-refractivity contribution in [3.63, 3.8) is 0 Å². The van der Waals surface area contributed by atoms with Crippen LogP contribution in [0.15, 0.2) is 60.1 Å². The molecule has 1 aromatic carbocycles. The number of rotatable bonds is 8. The number of nitrogens with one attached hydrogen (secondary N) is 1. The van der Waals surface area contributed by atoms with Crippen LogP contribution in [-0.2, 0) is 9.53 Å². The van der Waals surface area contributed by atoms with E-state index < -0.39 is 18.4 Å². The van der Waals surface area contributed by atoms with E-state index in [1.54, 1.807) is 35.9 Å². The van der Waals surface area contributed by atoms with Crippen LogP contribution >= 0.6 is 11.3 Å². The van der Waals surface area contributed by atoms with E-state index >= 15 is 0 Å². The smallest absolute Gasteiger partial charge is 0.331 e. The Kier molecular flexibility index (Phi) is 6.70. The number of para-hydroxylation sites is 1. The van der Waals surface area contributed by atoms with Crippen molar-refractivity contribution in [2.24, 2.45) is 0 Å². The lowest BCUT2D eigenvalue weighted by atomic mass is 10.1. The lowest BCUT2D eigenvalue weighted by molar-refractivity contribution is -0.136. The highest BCUT2D eigenvalue weighted by molar-refractivity contribution is 7.13. The van der Waals surface area contributed by atoms with Crippen LogP contribution in [0.2, 0.25) is 0 Å². The first kappa shape index (κ1) is 23.1. The highest BCUT2D eigenvalue weighted by Crippen LogP contribution is 2.28. The zero-order chi connectivity index (χ0) is 24.2. The summed E-state index contributed by atoms with van der Waals surface area (Å²) in [7, 11) is 0. The summed E-state index contributed by atoms with van der Waals surface area (Å²) >= 11 is 1.55. The number of esters is 1. The molecule has 172 valence electrons. The summed E-state index contributed by atoms with van der Waals surface area (Å²) in [5.74, 6) is -1.17. The van der Waals surface area contributed by atoms with E-state index in [2.05, 4.69) is 10.1 Å². The number of H-pyrrole nitrogens is 1. The van der Waals surface area contributed by atoms with Crippen LogP contribution in [0, 0.1) is 13.8 Å². The second kappa shape index (κ2) is 9.84. The van der Waals surface area contributed by atoms with Crippen LogP contribution in [-0.4, -0.2) is 38.9 Å². The van der Waals surface area contributed by atoms with Gasteiger partial charge in [0.05, 0.1) is 16.3 Å². The monoisotopic (exact) mass is 473 g/mol. The van der Waals surface area contributed by atoms with Gasteiger partial charge >= 0.3 is 5.97 Å². The molecule has 4 rings (SSSR count). The molecule has 0 radical (unpaired) electrons. The molecule has 0 bridgehead atoms. The topological polar surface area (TPSA) is 94.0 Å². The Labute approximate surface area is 200 Å². The Hall–Kier alpha value is -4.04. The number of carbonyl (C=O) groups excluding carboxylic acids is 3. The van der Waals surface area contributed by atoms with E-state index in [9.17, 15) is 14.4 Å². The summed E-state index contributed by atoms with van der Waals surface area (Å²) in [5, 5.41) is 6.65. The third kappa shape index (κ3) is 4.82. The van der Waals surface area contributed by atoms with Crippen molar-refractivity contribution in [2.45, 2.75) is 20.8 Å². The van der Waals surface area contributed by atoms with Crippen molar-refractivity contribution in [1.29, 1.82) is 0 Å². The minimum absolute atomic E-state index is 0.122. The summed E-state index contributed by atoms with van der Waals surface area (Å²) < 4.78 is 6.92. The van der Waals surface area contributed by atoms with Gasteiger partial charge in [0.25, 0.3) is 0 Å². The van der Waals surface area contributed by atoms with Crippen LogP contribution in [0.1, 0.15) is 44.6 Å². The van der Waals surface area contributed by atoms with Gasteiger partial charge in [-0.25, -0.2) is 9.48 Å². The number of aromatic amines is 1. The number of nitrogens with zero attached hydrogens (tertiary/aromatic N) is 2. The molecule has 0 aliphatic heterocycles. The third-order valence-corrected chi connectivity index (χ3v) is 6.21. The number of thiophene rings is 1. The Morgan fingerprint density at radius 3 is 2.53 bits per heavy atom. The fraction of sp³-hybridized carbons (Fsp3) is 0.154. The lowest BCUT2D eigenvalue weighted by Gasteiger charge is -2.02. The van der Waals surface area contributed by atoms with Crippen molar-refractivity contribution in [3.05, 3.63) is 88.2 Å². The maximum absolute atomic E-state index is 12.5. The molecule has 8 heteroatoms. The van der Waals surface area contributed by atoms with Crippen LogP contribution < -0.4 is 0 Å². The fourth-order valence-corrected chi connectivity index (χ4v) is 4.53. The molecular weight excluding hydrogens is 450 g/mol. The first-order chi connectivity index (χ1) is 16.3. The molecule has 3 aromatic heterocycles. The molecule has 7 nitrogen and oxygen atoms in total. The number of carbonyl (C=O) groups is 3. The number of aromatic nitrogens is 3. The summed E-state index contributed by atoms with van der Waals surface area (Å²) in [6.45, 7) is 4.46. The second-order valence-corrected chi connectivity index (χ2v) is 8.68. The molecule has 0 spiro atoms. The first-order valence-corrected chi connectivity index (χ1v) is 11.5. The molecule has 0 aliphatic rings. The van der Waals surface area contributed by atoms with Crippen molar-refractivity contribution in [1.82, 2.24) is 14.8 Å². The second-order valence-electron chi connectivity index (χ2n) is 7.74. The van der Waals surface area contributed by atoms with E-state index in [1.807, 2.05) is 54.0 Å². The van der Waals surface area contributed by atoms with Crippen LogP contribution in [0.4, 0.5) is 0 Å². The summed E-state index contributed by atoms with van der Waals surface area (Å²) in [4.78, 5) is 40.6. The first-order valence-electron chi connectivity index (χ1n) is 10.6. The fourth-order valence-electron chi connectivity index (χ4n) is 3.80. The van der Waals surface area contributed by atoms with Gasteiger partial charge in [0.15, 0.2) is 12.4 Å². The quantitative estimate of drug-likeness (QED) is 0.216. The maximum Gasteiger partial charge on any atom is 0.331 e. The zero-order valence-corrected chi connectivity index (χ0v) is 19.8. The predicted molar refractivity (Wildman–Crippen MR) is 131 cm³/mol. The molecular formula is C26H23N3O4S. The Morgan fingerprint density at radius 2 is 1.88 bits per heavy atom. The van der Waals surface area contributed by atoms with Crippen LogP contribution in [0.5, 0.6) is 0 Å². The van der Waals surface area contributed by atoms with Gasteiger partial charge in [0.1, 0.15) is 5.69 Å². The van der Waals surface area contributed by atoms with Gasteiger partial charge in [-0.3, -0.25) is 9.59 Å². The molecule has 0 saturated heterocycles. The lowest BCUT2D eigenvalue weighted by Crippen LogP contribution is -2.14. The number of benzene rings is 1. The van der Waals surface area contributed by atoms with Crippen molar-refractivity contribution in [2.75, 3.05) is 6.61 Å². The van der Waals surface area contributed by atoms with Gasteiger partial charge in [-0.2, -0.15) is 5.10 Å². The van der Waals surface area contributed by atoms with Crippen molar-refractivity contribution >= 4 is 34.9 Å². The summed E-state index contributed by atoms with van der Waals surface area (Å²) in [5.41, 5.74) is 4.35. The van der Waals surface area contributed by atoms with Crippen LogP contribution in [0.25, 0.3) is 22.3 Å². The van der Waals surface area contributed by atoms with Gasteiger partial charge in [0.2, 0.25) is 5.78 Å². The van der Waals surface area contributed by atoms with E-state index in [1.165, 1.54) is 13.0 Å². The minimum atomic E-state index is -0.648. The predicted octanol–water partition coefficient (Wildman–Crippen LogP) is 5.19. The summed E-state index contributed by atoms with van der Waals surface area (Å²) in [6, 6.07) is 13.6. The molecule has 0 unspecified atom stereocenters. The van der Waals surface area contributed by atoms with E-state index in [-0.39, 0.29) is 11.5 Å². The van der Waals surface area contributed by atoms with Gasteiger partial charge in [-0.1, -0.05) is 24.3 Å². The number of Topliss-reactive ketones (excluding diaryl/α,β-unsaturated/α-hetero) is 2. The van der Waals surface area contributed by atoms with Crippen LogP contribution in [0.3, 0.4) is 0 Å². The molecule has 1 N–H and O–H groups in total. The average molecular weight is 474 g/mol. The Morgan fingerprint density at radius 1 is 1.12 bits per heavy atom. The number of hydrogen-bond donors (Lipinski definition) is 1. The average Bonchev–Trinajstić information content (AvgIpc) is 3.55. The zero-order valence-electron chi connectivity index (χ0n) is 19.0. The number of ketones is 2. The van der Waals surface area contributed by atoms with E-state index in [4.69, 9.17) is 4.74 Å². The van der Waals surface area contributed by atoms with E-state index in [0.717, 1.165) is 21.8 Å². The van der Waals surface area contributed by atoms with Gasteiger partial charge < -0.3 is 9.72 Å². The Balaban J connectivity index is 1.49. The van der Waals surface area contributed by atoms with E-state index in [0.29, 0.717) is 16.8 Å². The Bertz CT molecular complexity index is 1380. The molecule has 34 heavy (non-hydrogen) atoms. The largest absolute Gasteiger partial charge is 0.454 e. The molecule has 3 heterocycles. The number of hydrogen-bond acceptors (Lipinski definition) is 6. The SMILES string of the molecule is CC(=O)c1c(C)[nH]c(C(=O)COC(=O)/C=C/c2cn(-c3ccccc3)nc2-c2cccs2)c1C. The molecule has 0 saturated carbocycles. The van der Waals surface area contributed by atoms with Crippen molar-refractivity contribution in [3.8, 4) is 16.3 Å². The van der Waals surface area contributed by atoms with Crippen molar-refractivity contribution < 1.29 is 19.1 Å². The minimum Gasteiger partial charge on any atom is -0.454 e.